The van der Waals surface area contributed by atoms with Crippen molar-refractivity contribution in [2.75, 3.05) is 60.7 Å². The van der Waals surface area contributed by atoms with E-state index in [1.165, 1.54) is 16.3 Å². The van der Waals surface area contributed by atoms with Crippen molar-refractivity contribution in [1.82, 2.24) is 15.1 Å². The molecule has 220 valence electrons. The van der Waals surface area contributed by atoms with Gasteiger partial charge in [0.25, 0.3) is 0 Å². The van der Waals surface area contributed by atoms with E-state index >= 15 is 0 Å². The third-order valence-corrected chi connectivity index (χ3v) is 8.52. The minimum absolute atomic E-state index is 0.0608. The summed E-state index contributed by atoms with van der Waals surface area (Å²) in [6, 6.07) is 19.5. The molecule has 5 rings (SSSR count). The molecule has 0 spiro atoms. The molecule has 0 radical (unpaired) electrons. The Morgan fingerprint density at radius 3 is 2.41 bits per heavy atom. The van der Waals surface area contributed by atoms with Crippen LogP contribution in [0.4, 0.5) is 0 Å². The Morgan fingerprint density at radius 1 is 0.951 bits per heavy atom. The minimum Gasteiger partial charge on any atom is -0.493 e. The van der Waals surface area contributed by atoms with E-state index in [0.29, 0.717) is 42.2 Å². The average molecular weight is 562 g/mol. The van der Waals surface area contributed by atoms with Crippen molar-refractivity contribution in [3.63, 3.8) is 0 Å². The summed E-state index contributed by atoms with van der Waals surface area (Å²) in [7, 11) is 4.77. The second-order valence-corrected chi connectivity index (χ2v) is 11.0. The van der Waals surface area contributed by atoms with Crippen molar-refractivity contribution in [2.24, 2.45) is 5.92 Å². The van der Waals surface area contributed by atoms with E-state index in [1.807, 2.05) is 12.1 Å². The van der Waals surface area contributed by atoms with E-state index in [0.717, 1.165) is 64.3 Å². The second-order valence-electron chi connectivity index (χ2n) is 11.0. The third kappa shape index (κ3) is 7.12. The second kappa shape index (κ2) is 14.0. The summed E-state index contributed by atoms with van der Waals surface area (Å²) in [6.45, 7) is 6.91. The molecule has 8 nitrogen and oxygen atoms in total. The van der Waals surface area contributed by atoms with Gasteiger partial charge in [-0.25, -0.2) is 0 Å². The first kappa shape index (κ1) is 29.2. The SMILES string of the molecule is COc1cc(CNC(=O)CC[C@H]2CN(Cc3cccc4ccccc34)CC[C@H]2N2CCOCC2)cc(OC)c1OC. The number of fused-ring (bicyclic) bond motifs is 1. The van der Waals surface area contributed by atoms with Gasteiger partial charge in [-0.2, -0.15) is 0 Å². The van der Waals surface area contributed by atoms with Crippen LogP contribution in [0.2, 0.25) is 0 Å². The van der Waals surface area contributed by atoms with Crippen LogP contribution in [-0.2, 0) is 22.6 Å². The van der Waals surface area contributed by atoms with Gasteiger partial charge in [-0.15, -0.1) is 0 Å². The molecule has 8 heteroatoms. The third-order valence-electron chi connectivity index (χ3n) is 8.52. The van der Waals surface area contributed by atoms with Crippen LogP contribution in [-0.4, -0.2) is 82.5 Å². The highest BCUT2D eigenvalue weighted by atomic mass is 16.5. The number of hydrogen-bond donors (Lipinski definition) is 1. The van der Waals surface area contributed by atoms with E-state index in [9.17, 15) is 4.79 Å². The molecule has 2 fully saturated rings. The van der Waals surface area contributed by atoms with Crippen LogP contribution in [0.3, 0.4) is 0 Å². The van der Waals surface area contributed by atoms with Crippen molar-refractivity contribution >= 4 is 16.7 Å². The van der Waals surface area contributed by atoms with Crippen LogP contribution in [0.1, 0.15) is 30.4 Å². The van der Waals surface area contributed by atoms with Gasteiger partial charge in [0.15, 0.2) is 11.5 Å². The lowest BCUT2D eigenvalue weighted by Gasteiger charge is -2.45. The summed E-state index contributed by atoms with van der Waals surface area (Å²) >= 11 is 0. The molecule has 0 bridgehead atoms. The van der Waals surface area contributed by atoms with Crippen LogP contribution in [0.15, 0.2) is 54.6 Å². The molecule has 2 aliphatic heterocycles. The molecule has 1 N–H and O–H groups in total. The van der Waals surface area contributed by atoms with Crippen molar-refractivity contribution in [2.45, 2.75) is 38.4 Å². The van der Waals surface area contributed by atoms with Crippen LogP contribution >= 0.6 is 0 Å². The monoisotopic (exact) mass is 561 g/mol. The molecule has 2 aliphatic rings. The van der Waals surface area contributed by atoms with E-state index in [1.54, 1.807) is 21.3 Å². The van der Waals surface area contributed by atoms with Gasteiger partial charge in [-0.3, -0.25) is 14.6 Å². The summed E-state index contributed by atoms with van der Waals surface area (Å²) in [6.07, 6.45) is 2.47. The number of ether oxygens (including phenoxy) is 4. The quantitative estimate of drug-likeness (QED) is 0.370. The van der Waals surface area contributed by atoms with E-state index in [4.69, 9.17) is 18.9 Å². The van der Waals surface area contributed by atoms with Crippen molar-refractivity contribution in [1.29, 1.82) is 0 Å². The molecule has 3 aromatic rings. The highest BCUT2D eigenvalue weighted by molar-refractivity contribution is 5.85. The molecule has 2 saturated heterocycles. The number of likely N-dealkylation sites (tertiary alicyclic amines) is 1. The first-order chi connectivity index (χ1) is 20.1. The molecular formula is C33H43N3O5. The van der Waals surface area contributed by atoms with Gasteiger partial charge in [0.05, 0.1) is 34.5 Å². The zero-order chi connectivity index (χ0) is 28.6. The van der Waals surface area contributed by atoms with Crippen LogP contribution in [0.25, 0.3) is 10.8 Å². The summed E-state index contributed by atoms with van der Waals surface area (Å²) in [5, 5.41) is 5.72. The molecule has 0 saturated carbocycles. The fourth-order valence-corrected chi connectivity index (χ4v) is 6.43. The number of amides is 1. The van der Waals surface area contributed by atoms with Gasteiger partial charge in [0.1, 0.15) is 0 Å². The topological polar surface area (TPSA) is 72.5 Å². The van der Waals surface area contributed by atoms with E-state index < -0.39 is 0 Å². The molecule has 0 aromatic heterocycles. The standard InChI is InChI=1S/C33H43N3O5/c1-38-30-19-24(20-31(39-2)33(30)40-3)21-34-32(37)12-11-27-23-35(14-13-29(27)36-15-17-41-18-16-36)22-26-9-6-8-25-7-4-5-10-28(25)26/h4-10,19-20,27,29H,11-18,21-23H2,1-3H3,(H,34,37)/t27-,29+/m0/s1. The maximum Gasteiger partial charge on any atom is 0.220 e. The lowest BCUT2D eigenvalue weighted by Crippen LogP contribution is -2.54. The van der Waals surface area contributed by atoms with E-state index in [-0.39, 0.29) is 5.91 Å². The lowest BCUT2D eigenvalue weighted by molar-refractivity contribution is -0.121. The molecule has 2 atom stereocenters. The fraction of sp³-hybridized carbons (Fsp3) is 0.485. The summed E-state index contributed by atoms with van der Waals surface area (Å²) < 4.78 is 22.0. The molecule has 0 unspecified atom stereocenters. The van der Waals surface area contributed by atoms with Crippen molar-refractivity contribution < 1.29 is 23.7 Å². The van der Waals surface area contributed by atoms with Crippen LogP contribution in [0, 0.1) is 5.92 Å². The Kier molecular flexibility index (Phi) is 9.98. The summed E-state index contributed by atoms with van der Waals surface area (Å²) in [5.41, 5.74) is 2.27. The number of carbonyl (C=O) groups excluding carboxylic acids is 1. The van der Waals surface area contributed by atoms with Gasteiger partial charge in [0, 0.05) is 45.2 Å². The molecule has 41 heavy (non-hydrogen) atoms. The number of benzene rings is 3. The van der Waals surface area contributed by atoms with Crippen molar-refractivity contribution in [3.8, 4) is 17.2 Å². The van der Waals surface area contributed by atoms with Gasteiger partial charge in [0.2, 0.25) is 11.7 Å². The number of methoxy groups -OCH3 is 3. The number of morpholine rings is 1. The molecule has 0 aliphatic carbocycles. The number of piperidine rings is 1. The Balaban J connectivity index is 1.22. The minimum atomic E-state index is 0.0608. The van der Waals surface area contributed by atoms with Gasteiger partial charge >= 0.3 is 0 Å². The molecule has 2 heterocycles. The largest absolute Gasteiger partial charge is 0.493 e. The predicted octanol–water partition coefficient (Wildman–Crippen LogP) is 4.48. The molecule has 3 aromatic carbocycles. The maximum atomic E-state index is 13.0. The Bertz CT molecular complexity index is 1280. The van der Waals surface area contributed by atoms with Gasteiger partial charge in [-0.05, 0) is 59.3 Å². The number of nitrogens with zero attached hydrogens (tertiary/aromatic N) is 2. The summed E-state index contributed by atoms with van der Waals surface area (Å²) in [4.78, 5) is 18.2. The predicted molar refractivity (Wildman–Crippen MR) is 161 cm³/mol. The van der Waals surface area contributed by atoms with Gasteiger partial charge < -0.3 is 24.3 Å². The number of carbonyl (C=O) groups is 1. The van der Waals surface area contributed by atoms with E-state index in [2.05, 4.69) is 57.6 Å². The lowest BCUT2D eigenvalue weighted by atomic mass is 9.86. The van der Waals surface area contributed by atoms with Gasteiger partial charge in [-0.1, -0.05) is 42.5 Å². The Morgan fingerprint density at radius 2 is 1.68 bits per heavy atom. The first-order valence-electron chi connectivity index (χ1n) is 14.7. The Hall–Kier alpha value is -3.33. The molecular weight excluding hydrogens is 518 g/mol. The molecule has 1 amide bonds. The summed E-state index contributed by atoms with van der Waals surface area (Å²) in [5.74, 6) is 2.19. The smallest absolute Gasteiger partial charge is 0.220 e. The number of nitrogens with one attached hydrogen (secondary N) is 1. The zero-order valence-corrected chi connectivity index (χ0v) is 24.6. The first-order valence-corrected chi connectivity index (χ1v) is 14.7. The Labute approximate surface area is 243 Å². The van der Waals surface area contributed by atoms with Crippen LogP contribution < -0.4 is 19.5 Å². The number of hydrogen-bond acceptors (Lipinski definition) is 7. The maximum absolute atomic E-state index is 13.0. The van der Waals surface area contributed by atoms with Crippen LogP contribution in [0.5, 0.6) is 17.2 Å². The van der Waals surface area contributed by atoms with Crippen molar-refractivity contribution in [3.05, 3.63) is 65.7 Å². The highest BCUT2D eigenvalue weighted by Crippen LogP contribution is 2.38. The highest BCUT2D eigenvalue weighted by Gasteiger charge is 2.34. The normalized spacial score (nSPS) is 20.1. The average Bonchev–Trinajstić information content (AvgIpc) is 3.02. The fourth-order valence-electron chi connectivity index (χ4n) is 6.43. The number of rotatable bonds is 11. The zero-order valence-electron chi connectivity index (χ0n) is 24.6.